The van der Waals surface area contributed by atoms with E-state index >= 15 is 0 Å². The van der Waals surface area contributed by atoms with E-state index in [0.29, 0.717) is 5.82 Å². The highest BCUT2D eigenvalue weighted by Gasteiger charge is 2.22. The summed E-state index contributed by atoms with van der Waals surface area (Å²) in [4.78, 5) is 20.6. The van der Waals surface area contributed by atoms with E-state index in [9.17, 15) is 4.79 Å². The number of pyridine rings is 1. The molecular formula is C14H22N4O. The number of hydrogen-bond acceptors (Lipinski definition) is 4. The van der Waals surface area contributed by atoms with Crippen molar-refractivity contribution in [3.05, 3.63) is 24.4 Å². The summed E-state index contributed by atoms with van der Waals surface area (Å²) in [5.74, 6) is 0.821. The van der Waals surface area contributed by atoms with E-state index in [1.165, 1.54) is 0 Å². The first-order chi connectivity index (χ1) is 9.18. The molecule has 2 rings (SSSR count). The monoisotopic (exact) mass is 262 g/mol. The number of nitrogens with one attached hydrogen (secondary N) is 1. The van der Waals surface area contributed by atoms with E-state index in [4.69, 9.17) is 0 Å². The highest BCUT2D eigenvalue weighted by atomic mass is 16.2. The Morgan fingerprint density at radius 3 is 2.84 bits per heavy atom. The number of piperazine rings is 1. The number of hydrogen-bond donors (Lipinski definition) is 1. The van der Waals surface area contributed by atoms with Gasteiger partial charge in [0.15, 0.2) is 0 Å². The molecule has 1 fully saturated rings. The summed E-state index contributed by atoms with van der Waals surface area (Å²) in [6.45, 7) is 6.87. The SMILES string of the molecule is CC(CN1CCNCC1)C(=O)N(C)c1ccccn1. The number of rotatable bonds is 4. The fourth-order valence-corrected chi connectivity index (χ4v) is 2.35. The van der Waals surface area contributed by atoms with E-state index in [-0.39, 0.29) is 11.8 Å². The minimum atomic E-state index is -0.00916. The predicted molar refractivity (Wildman–Crippen MR) is 76.1 cm³/mol. The molecule has 1 unspecified atom stereocenters. The molecule has 0 aromatic carbocycles. The molecule has 0 saturated carbocycles. The van der Waals surface area contributed by atoms with Gasteiger partial charge < -0.3 is 10.2 Å². The van der Waals surface area contributed by atoms with Crippen LogP contribution in [0, 0.1) is 5.92 Å². The Morgan fingerprint density at radius 1 is 1.47 bits per heavy atom. The van der Waals surface area contributed by atoms with Crippen molar-refractivity contribution in [2.45, 2.75) is 6.92 Å². The molecule has 104 valence electrons. The van der Waals surface area contributed by atoms with Gasteiger partial charge in [-0.05, 0) is 12.1 Å². The van der Waals surface area contributed by atoms with Gasteiger partial charge in [0.1, 0.15) is 5.82 Å². The lowest BCUT2D eigenvalue weighted by molar-refractivity contribution is -0.122. The average molecular weight is 262 g/mol. The number of carbonyl (C=O) groups excluding carboxylic acids is 1. The molecule has 0 bridgehead atoms. The highest BCUT2D eigenvalue weighted by molar-refractivity contribution is 5.93. The molecule has 1 amide bonds. The largest absolute Gasteiger partial charge is 0.314 e. The van der Waals surface area contributed by atoms with Crippen molar-refractivity contribution in [3.63, 3.8) is 0 Å². The molecule has 1 atom stereocenters. The minimum Gasteiger partial charge on any atom is -0.314 e. The maximum absolute atomic E-state index is 12.4. The van der Waals surface area contributed by atoms with Crippen LogP contribution in [-0.4, -0.2) is 55.6 Å². The molecule has 2 heterocycles. The van der Waals surface area contributed by atoms with Gasteiger partial charge in [0, 0.05) is 51.9 Å². The first-order valence-corrected chi connectivity index (χ1v) is 6.80. The first kappa shape index (κ1) is 14.0. The van der Waals surface area contributed by atoms with Crippen LogP contribution >= 0.6 is 0 Å². The lowest BCUT2D eigenvalue weighted by Gasteiger charge is -2.30. The van der Waals surface area contributed by atoms with Gasteiger partial charge in [-0.3, -0.25) is 9.69 Å². The van der Waals surface area contributed by atoms with Gasteiger partial charge in [-0.15, -0.1) is 0 Å². The smallest absolute Gasteiger partial charge is 0.232 e. The van der Waals surface area contributed by atoms with Gasteiger partial charge in [-0.2, -0.15) is 0 Å². The van der Waals surface area contributed by atoms with Crippen LogP contribution in [0.25, 0.3) is 0 Å². The van der Waals surface area contributed by atoms with Crippen molar-refractivity contribution in [3.8, 4) is 0 Å². The zero-order chi connectivity index (χ0) is 13.7. The third-order valence-corrected chi connectivity index (χ3v) is 3.49. The van der Waals surface area contributed by atoms with Crippen molar-refractivity contribution >= 4 is 11.7 Å². The van der Waals surface area contributed by atoms with Crippen molar-refractivity contribution in [1.29, 1.82) is 0 Å². The van der Waals surface area contributed by atoms with Crippen molar-refractivity contribution in [2.24, 2.45) is 5.92 Å². The number of aromatic nitrogens is 1. The van der Waals surface area contributed by atoms with Crippen LogP contribution in [0.1, 0.15) is 6.92 Å². The van der Waals surface area contributed by atoms with E-state index in [0.717, 1.165) is 32.7 Å². The fourth-order valence-electron chi connectivity index (χ4n) is 2.35. The van der Waals surface area contributed by atoms with E-state index in [1.807, 2.05) is 25.1 Å². The minimum absolute atomic E-state index is 0.00916. The number of carbonyl (C=O) groups is 1. The van der Waals surface area contributed by atoms with Gasteiger partial charge in [-0.25, -0.2) is 4.98 Å². The molecule has 1 aliphatic rings. The maximum atomic E-state index is 12.4. The molecule has 1 aromatic heterocycles. The molecule has 1 aromatic rings. The quantitative estimate of drug-likeness (QED) is 0.862. The summed E-state index contributed by atoms with van der Waals surface area (Å²) >= 11 is 0. The molecule has 5 heteroatoms. The third kappa shape index (κ3) is 3.75. The Bertz CT molecular complexity index is 403. The van der Waals surface area contributed by atoms with Gasteiger partial charge in [-0.1, -0.05) is 13.0 Å². The summed E-state index contributed by atoms with van der Waals surface area (Å²) in [5.41, 5.74) is 0. The Balaban J connectivity index is 1.91. The van der Waals surface area contributed by atoms with Crippen molar-refractivity contribution in [2.75, 3.05) is 44.7 Å². The summed E-state index contributed by atoms with van der Waals surface area (Å²) in [6, 6.07) is 5.61. The lowest BCUT2D eigenvalue weighted by Crippen LogP contribution is -2.47. The normalized spacial score (nSPS) is 18.0. The molecule has 5 nitrogen and oxygen atoms in total. The van der Waals surface area contributed by atoms with E-state index in [1.54, 1.807) is 18.1 Å². The van der Waals surface area contributed by atoms with Gasteiger partial charge in [0.05, 0.1) is 0 Å². The van der Waals surface area contributed by atoms with Crippen LogP contribution in [0.3, 0.4) is 0 Å². The van der Waals surface area contributed by atoms with Crippen LogP contribution in [0.15, 0.2) is 24.4 Å². The molecule has 0 aliphatic carbocycles. The Labute approximate surface area is 114 Å². The summed E-state index contributed by atoms with van der Waals surface area (Å²) in [6.07, 6.45) is 1.71. The second-order valence-corrected chi connectivity index (χ2v) is 5.04. The van der Waals surface area contributed by atoms with E-state index < -0.39 is 0 Å². The molecule has 1 aliphatic heterocycles. The number of nitrogens with zero attached hydrogens (tertiary/aromatic N) is 3. The molecule has 19 heavy (non-hydrogen) atoms. The standard InChI is InChI=1S/C14H22N4O/c1-12(11-18-9-7-15-8-10-18)14(19)17(2)13-5-3-4-6-16-13/h3-6,12,15H,7-11H2,1-2H3. The zero-order valence-corrected chi connectivity index (χ0v) is 11.7. The first-order valence-electron chi connectivity index (χ1n) is 6.80. The second-order valence-electron chi connectivity index (χ2n) is 5.04. The van der Waals surface area contributed by atoms with Gasteiger partial charge in [0.2, 0.25) is 5.91 Å². The van der Waals surface area contributed by atoms with Crippen LogP contribution in [0.4, 0.5) is 5.82 Å². The summed E-state index contributed by atoms with van der Waals surface area (Å²) in [5, 5.41) is 3.32. The molecule has 0 spiro atoms. The number of amides is 1. The Kier molecular flexibility index (Phi) is 4.87. The van der Waals surface area contributed by atoms with Crippen LogP contribution in [0.2, 0.25) is 0 Å². The average Bonchev–Trinajstić information content (AvgIpc) is 2.47. The van der Waals surface area contributed by atoms with Crippen molar-refractivity contribution < 1.29 is 4.79 Å². The molecular weight excluding hydrogens is 240 g/mol. The van der Waals surface area contributed by atoms with Crippen molar-refractivity contribution in [1.82, 2.24) is 15.2 Å². The second kappa shape index (κ2) is 6.63. The topological polar surface area (TPSA) is 48.5 Å². The lowest BCUT2D eigenvalue weighted by atomic mass is 10.1. The van der Waals surface area contributed by atoms with Gasteiger partial charge in [0.25, 0.3) is 0 Å². The Hall–Kier alpha value is -1.46. The maximum Gasteiger partial charge on any atom is 0.232 e. The molecule has 0 radical (unpaired) electrons. The van der Waals surface area contributed by atoms with Crippen LogP contribution < -0.4 is 10.2 Å². The third-order valence-electron chi connectivity index (χ3n) is 3.49. The van der Waals surface area contributed by atoms with Crippen LogP contribution in [-0.2, 0) is 4.79 Å². The molecule has 1 N–H and O–H groups in total. The highest BCUT2D eigenvalue weighted by Crippen LogP contribution is 2.12. The Morgan fingerprint density at radius 2 is 2.21 bits per heavy atom. The summed E-state index contributed by atoms with van der Waals surface area (Å²) in [7, 11) is 1.79. The molecule has 1 saturated heterocycles. The predicted octanol–water partition coefficient (Wildman–Crippen LogP) is 0.586. The van der Waals surface area contributed by atoms with E-state index in [2.05, 4.69) is 15.2 Å². The number of anilines is 1. The van der Waals surface area contributed by atoms with Crippen LogP contribution in [0.5, 0.6) is 0 Å². The summed E-state index contributed by atoms with van der Waals surface area (Å²) < 4.78 is 0. The van der Waals surface area contributed by atoms with Gasteiger partial charge >= 0.3 is 0 Å². The zero-order valence-electron chi connectivity index (χ0n) is 11.7. The fraction of sp³-hybridized carbons (Fsp3) is 0.571.